The molecule has 2 heterocycles. The second-order valence-corrected chi connectivity index (χ2v) is 9.99. The van der Waals surface area contributed by atoms with E-state index in [0.29, 0.717) is 22.9 Å². The van der Waals surface area contributed by atoms with E-state index < -0.39 is 0 Å². The van der Waals surface area contributed by atoms with Crippen LogP contribution in [0, 0.1) is 12.8 Å². The van der Waals surface area contributed by atoms with Gasteiger partial charge in [-0.25, -0.2) is 4.98 Å². The van der Waals surface area contributed by atoms with Crippen LogP contribution in [0.1, 0.15) is 42.4 Å². The maximum atomic E-state index is 13.0. The van der Waals surface area contributed by atoms with Crippen LogP contribution in [0.15, 0.2) is 29.6 Å². The summed E-state index contributed by atoms with van der Waals surface area (Å²) in [6.07, 6.45) is 0.226. The lowest BCUT2D eigenvalue weighted by molar-refractivity contribution is -0.132. The number of rotatable bonds is 9. The molecule has 1 aromatic heterocycles. The van der Waals surface area contributed by atoms with Crippen molar-refractivity contribution in [1.82, 2.24) is 19.7 Å². The third kappa shape index (κ3) is 7.36. The van der Waals surface area contributed by atoms with E-state index in [1.54, 1.807) is 22.4 Å². The summed E-state index contributed by atoms with van der Waals surface area (Å²) in [7, 11) is 0. The molecule has 9 heteroatoms. The van der Waals surface area contributed by atoms with E-state index in [2.05, 4.69) is 22.1 Å². The Bertz CT molecular complexity index is 981. The predicted octanol–water partition coefficient (Wildman–Crippen LogP) is 2.90. The molecular formula is C25H35N5O3S. The second kappa shape index (κ2) is 12.1. The summed E-state index contributed by atoms with van der Waals surface area (Å²) >= 11 is 1.29. The average Bonchev–Trinajstić information content (AvgIpc) is 3.24. The van der Waals surface area contributed by atoms with E-state index in [1.807, 2.05) is 37.8 Å². The number of hydrogen-bond donors (Lipinski definition) is 1. The maximum absolute atomic E-state index is 13.0. The van der Waals surface area contributed by atoms with Gasteiger partial charge >= 0.3 is 0 Å². The number of carbonyl (C=O) groups excluding carboxylic acids is 3. The summed E-state index contributed by atoms with van der Waals surface area (Å²) in [6, 6.07) is 7.36. The Morgan fingerprint density at radius 2 is 1.79 bits per heavy atom. The lowest BCUT2D eigenvalue weighted by Crippen LogP contribution is -2.48. The third-order valence-electron chi connectivity index (χ3n) is 5.81. The van der Waals surface area contributed by atoms with Crippen LogP contribution in [0.5, 0.6) is 0 Å². The number of likely N-dealkylation sites (N-methyl/N-ethyl adjacent to an activating group) is 1. The van der Waals surface area contributed by atoms with Crippen molar-refractivity contribution in [2.75, 3.05) is 51.1 Å². The highest BCUT2D eigenvalue weighted by Gasteiger charge is 2.22. The number of aromatic nitrogens is 1. The van der Waals surface area contributed by atoms with Gasteiger partial charge in [-0.2, -0.15) is 0 Å². The van der Waals surface area contributed by atoms with Gasteiger partial charge < -0.3 is 20.0 Å². The number of anilines is 1. The molecule has 0 bridgehead atoms. The van der Waals surface area contributed by atoms with Crippen molar-refractivity contribution in [2.45, 2.75) is 34.1 Å². The zero-order valence-corrected chi connectivity index (χ0v) is 21.4. The zero-order valence-electron chi connectivity index (χ0n) is 20.5. The molecule has 34 heavy (non-hydrogen) atoms. The summed E-state index contributed by atoms with van der Waals surface area (Å²) in [5.41, 5.74) is 2.29. The SMILES string of the molecule is CCN1CCN(C(=O)Cc2csc(NC(=O)CN(CC(C)C)C(=O)c3ccc(C)cc3)n2)CC1. The Labute approximate surface area is 205 Å². The Kier molecular flexibility index (Phi) is 9.18. The molecule has 1 saturated heterocycles. The molecule has 8 nitrogen and oxygen atoms in total. The zero-order chi connectivity index (χ0) is 24.7. The fraction of sp³-hybridized carbons (Fsp3) is 0.520. The number of nitrogens with one attached hydrogen (secondary N) is 1. The highest BCUT2D eigenvalue weighted by atomic mass is 32.1. The van der Waals surface area contributed by atoms with Crippen LogP contribution in [0.3, 0.4) is 0 Å². The molecule has 0 spiro atoms. The van der Waals surface area contributed by atoms with E-state index in [9.17, 15) is 14.4 Å². The van der Waals surface area contributed by atoms with E-state index in [4.69, 9.17) is 0 Å². The van der Waals surface area contributed by atoms with Crippen LogP contribution in [-0.4, -0.2) is 83.2 Å². The lowest BCUT2D eigenvalue weighted by Gasteiger charge is -2.34. The van der Waals surface area contributed by atoms with Gasteiger partial charge in [-0.3, -0.25) is 14.4 Å². The fourth-order valence-electron chi connectivity index (χ4n) is 3.90. The van der Waals surface area contributed by atoms with E-state index in [1.165, 1.54) is 11.3 Å². The fourth-order valence-corrected chi connectivity index (χ4v) is 4.62. The molecule has 0 saturated carbocycles. The number of nitrogens with zero attached hydrogens (tertiary/aromatic N) is 4. The topological polar surface area (TPSA) is 85.9 Å². The van der Waals surface area contributed by atoms with Gasteiger partial charge in [0.2, 0.25) is 11.8 Å². The van der Waals surface area contributed by atoms with Crippen LogP contribution < -0.4 is 5.32 Å². The first-order valence-corrected chi connectivity index (χ1v) is 12.7. The van der Waals surface area contributed by atoms with Gasteiger partial charge in [-0.15, -0.1) is 11.3 Å². The van der Waals surface area contributed by atoms with Crippen LogP contribution in [-0.2, 0) is 16.0 Å². The Morgan fingerprint density at radius 1 is 1.12 bits per heavy atom. The molecule has 3 rings (SSSR count). The van der Waals surface area contributed by atoms with Crippen molar-refractivity contribution in [2.24, 2.45) is 5.92 Å². The van der Waals surface area contributed by atoms with E-state index in [-0.39, 0.29) is 36.6 Å². The maximum Gasteiger partial charge on any atom is 0.254 e. The highest BCUT2D eigenvalue weighted by molar-refractivity contribution is 7.13. The minimum Gasteiger partial charge on any atom is -0.340 e. The van der Waals surface area contributed by atoms with Gasteiger partial charge in [0.25, 0.3) is 5.91 Å². The van der Waals surface area contributed by atoms with Crippen molar-refractivity contribution in [3.05, 3.63) is 46.5 Å². The van der Waals surface area contributed by atoms with Crippen molar-refractivity contribution in [3.63, 3.8) is 0 Å². The Balaban J connectivity index is 1.55. The molecule has 1 fully saturated rings. The number of piperazine rings is 1. The first kappa shape index (κ1) is 25.8. The number of thiazole rings is 1. The molecular weight excluding hydrogens is 450 g/mol. The molecule has 1 aliphatic rings. The Hall–Kier alpha value is -2.78. The van der Waals surface area contributed by atoms with Crippen molar-refractivity contribution in [3.8, 4) is 0 Å². The van der Waals surface area contributed by atoms with Gasteiger partial charge in [0.15, 0.2) is 5.13 Å². The molecule has 1 N–H and O–H groups in total. The minimum absolute atomic E-state index is 0.0551. The molecule has 0 aliphatic carbocycles. The van der Waals surface area contributed by atoms with Crippen LogP contribution in [0.2, 0.25) is 0 Å². The molecule has 0 unspecified atom stereocenters. The van der Waals surface area contributed by atoms with E-state index >= 15 is 0 Å². The van der Waals surface area contributed by atoms with Crippen molar-refractivity contribution >= 4 is 34.2 Å². The summed E-state index contributed by atoms with van der Waals surface area (Å²) in [6.45, 7) is 12.8. The first-order chi connectivity index (χ1) is 16.2. The lowest BCUT2D eigenvalue weighted by atomic mass is 10.1. The van der Waals surface area contributed by atoms with Crippen LogP contribution in [0.4, 0.5) is 5.13 Å². The number of carbonyl (C=O) groups is 3. The molecule has 0 radical (unpaired) electrons. The number of hydrogen-bond acceptors (Lipinski definition) is 6. The van der Waals surface area contributed by atoms with Crippen LogP contribution >= 0.6 is 11.3 Å². The minimum atomic E-state index is -0.302. The molecule has 2 aromatic rings. The third-order valence-corrected chi connectivity index (χ3v) is 6.61. The quantitative estimate of drug-likeness (QED) is 0.590. The standard InChI is InChI=1S/C25H35N5O3S/c1-5-28-10-12-29(13-11-28)23(32)14-21-17-34-25(26-21)27-22(31)16-30(15-18(2)3)24(33)20-8-6-19(4)7-9-20/h6-9,17-18H,5,10-16H2,1-4H3,(H,26,27,31). The smallest absolute Gasteiger partial charge is 0.254 e. The van der Waals surface area contributed by atoms with Gasteiger partial charge in [0, 0.05) is 43.7 Å². The summed E-state index contributed by atoms with van der Waals surface area (Å²) < 4.78 is 0. The van der Waals surface area contributed by atoms with Gasteiger partial charge in [-0.05, 0) is 31.5 Å². The van der Waals surface area contributed by atoms with Gasteiger partial charge in [-0.1, -0.05) is 38.5 Å². The molecule has 3 amide bonds. The average molecular weight is 486 g/mol. The normalized spacial score (nSPS) is 14.3. The number of aryl methyl sites for hydroxylation is 1. The van der Waals surface area contributed by atoms with E-state index in [0.717, 1.165) is 38.3 Å². The molecule has 184 valence electrons. The highest BCUT2D eigenvalue weighted by Crippen LogP contribution is 2.17. The summed E-state index contributed by atoms with van der Waals surface area (Å²) in [5.74, 6) is -0.189. The molecule has 0 atom stereocenters. The number of benzene rings is 1. The molecule has 1 aliphatic heterocycles. The molecule has 1 aromatic carbocycles. The number of amides is 3. The van der Waals surface area contributed by atoms with Gasteiger partial charge in [0.1, 0.15) is 6.54 Å². The summed E-state index contributed by atoms with van der Waals surface area (Å²) in [4.78, 5) is 48.5. The predicted molar refractivity (Wildman–Crippen MR) is 135 cm³/mol. The van der Waals surface area contributed by atoms with Crippen molar-refractivity contribution in [1.29, 1.82) is 0 Å². The first-order valence-electron chi connectivity index (χ1n) is 11.9. The second-order valence-electron chi connectivity index (χ2n) is 9.13. The Morgan fingerprint density at radius 3 is 2.41 bits per heavy atom. The van der Waals surface area contributed by atoms with Crippen LogP contribution in [0.25, 0.3) is 0 Å². The monoisotopic (exact) mass is 485 g/mol. The summed E-state index contributed by atoms with van der Waals surface area (Å²) in [5, 5.41) is 5.04. The van der Waals surface area contributed by atoms with Crippen molar-refractivity contribution < 1.29 is 14.4 Å². The van der Waals surface area contributed by atoms with Gasteiger partial charge in [0.05, 0.1) is 12.1 Å². The largest absolute Gasteiger partial charge is 0.340 e.